The van der Waals surface area contributed by atoms with Crippen LogP contribution in [0.2, 0.25) is 0 Å². The molecule has 0 rings (SSSR count). The van der Waals surface area contributed by atoms with E-state index >= 15 is 0 Å². The molecule has 0 aromatic heterocycles. The van der Waals surface area contributed by atoms with Crippen LogP contribution in [0.15, 0.2) is 0 Å². The van der Waals surface area contributed by atoms with Gasteiger partial charge in [-0.15, -0.1) is 0 Å². The molecule has 0 aliphatic rings. The van der Waals surface area contributed by atoms with Crippen molar-refractivity contribution in [2.24, 2.45) is 0 Å². The summed E-state index contributed by atoms with van der Waals surface area (Å²) >= 11 is 4.74. The first kappa shape index (κ1) is 15.7. The summed E-state index contributed by atoms with van der Waals surface area (Å²) in [7, 11) is 0.628. The van der Waals surface area contributed by atoms with E-state index in [4.69, 9.17) is 0 Å². The molecule has 3 heteroatoms. The van der Waals surface area contributed by atoms with Crippen LogP contribution in [0, 0.1) is 14.9 Å². The third kappa shape index (κ3) is 23.7. The monoisotopic (exact) mass is 335 g/mol. The Morgan fingerprint density at radius 3 is 1.00 bits per heavy atom. The minimum atomic E-state index is 0. The second-order valence-corrected chi connectivity index (χ2v) is 11.9. The van der Waals surface area contributed by atoms with Crippen molar-refractivity contribution in [3.05, 3.63) is 14.9 Å². The SMILES string of the molecule is [CH3-].[CH3-].[I][V][I]. The minimum absolute atomic E-state index is 0. The molecule has 0 spiro atoms. The zero-order valence-electron chi connectivity index (χ0n) is 3.20. The molecule has 0 aliphatic carbocycles. The Morgan fingerprint density at radius 2 is 1.00 bits per heavy atom. The second kappa shape index (κ2) is 16.6. The average Bonchev–Trinajstić information content (AvgIpc) is 0.918. The zero-order chi connectivity index (χ0) is 2.71. The van der Waals surface area contributed by atoms with E-state index in [1.54, 1.807) is 0 Å². The van der Waals surface area contributed by atoms with Gasteiger partial charge in [0.1, 0.15) is 0 Å². The van der Waals surface area contributed by atoms with Gasteiger partial charge < -0.3 is 14.9 Å². The molecule has 0 unspecified atom stereocenters. The topological polar surface area (TPSA) is 0 Å². The number of halogens is 2. The van der Waals surface area contributed by atoms with Gasteiger partial charge in [-0.05, 0) is 0 Å². The standard InChI is InChI=1S/2CH3.2HI.V/h2*1H3;2*1H;/q2*-1;;;+2/p-2. The Balaban J connectivity index is -0.0000000200. The van der Waals surface area contributed by atoms with Crippen LogP contribution in [0.3, 0.4) is 0 Å². The van der Waals surface area contributed by atoms with Crippen molar-refractivity contribution in [3.63, 3.8) is 0 Å². The first-order chi connectivity index (χ1) is 1.41. The molecule has 0 saturated carbocycles. The molecule has 0 aliphatic heterocycles. The fourth-order valence-electron chi connectivity index (χ4n) is 0. The van der Waals surface area contributed by atoms with Gasteiger partial charge in [0.25, 0.3) is 0 Å². The summed E-state index contributed by atoms with van der Waals surface area (Å²) < 4.78 is 0. The normalized spacial score (nSPS) is 2.80. The Hall–Kier alpha value is 2.04. The molecule has 0 nitrogen and oxygen atoms in total. The maximum atomic E-state index is 2.37. The van der Waals surface area contributed by atoms with Crippen LogP contribution in [0.25, 0.3) is 0 Å². The molecule has 0 fully saturated rings. The van der Waals surface area contributed by atoms with Crippen LogP contribution in [0.5, 0.6) is 0 Å². The molecule has 5 heavy (non-hydrogen) atoms. The first-order valence-corrected chi connectivity index (χ1v) is 9.35. The van der Waals surface area contributed by atoms with Crippen molar-refractivity contribution in [2.75, 3.05) is 0 Å². The third-order valence-corrected chi connectivity index (χ3v) is 0. The Morgan fingerprint density at radius 1 is 1.00 bits per heavy atom. The van der Waals surface area contributed by atoms with Crippen LogP contribution >= 0.6 is 40.0 Å². The van der Waals surface area contributed by atoms with Crippen molar-refractivity contribution in [3.8, 4) is 0 Å². The molecule has 0 heterocycles. The summed E-state index contributed by atoms with van der Waals surface area (Å²) in [6.07, 6.45) is 0. The van der Waals surface area contributed by atoms with Crippen molar-refractivity contribution < 1.29 is 9.47 Å². The van der Waals surface area contributed by atoms with Gasteiger partial charge in [-0.3, -0.25) is 0 Å². The molecule has 0 bridgehead atoms. The Kier molecular flexibility index (Phi) is 52.2. The van der Waals surface area contributed by atoms with Crippen LogP contribution < -0.4 is 0 Å². The van der Waals surface area contributed by atoms with Crippen molar-refractivity contribution in [2.45, 2.75) is 0 Å². The summed E-state index contributed by atoms with van der Waals surface area (Å²) in [5.74, 6) is 0. The predicted octanol–water partition coefficient (Wildman–Crippen LogP) is 2.67. The first-order valence-electron chi connectivity index (χ1n) is 0.338. The molecular weight excluding hydrogens is 329 g/mol. The van der Waals surface area contributed by atoms with Crippen molar-refractivity contribution >= 4 is 40.0 Å². The van der Waals surface area contributed by atoms with E-state index in [0.29, 0.717) is 9.47 Å². The molecule has 0 aromatic carbocycles. The Bertz CT molecular complexity index is 7.61. The van der Waals surface area contributed by atoms with Crippen molar-refractivity contribution in [1.82, 2.24) is 0 Å². The van der Waals surface area contributed by atoms with E-state index in [2.05, 4.69) is 40.0 Å². The second-order valence-electron chi connectivity index (χ2n) is 0.0639. The molecule has 0 amide bonds. The van der Waals surface area contributed by atoms with Crippen molar-refractivity contribution in [1.29, 1.82) is 0 Å². The summed E-state index contributed by atoms with van der Waals surface area (Å²) in [6, 6.07) is 0. The van der Waals surface area contributed by atoms with Crippen LogP contribution in [0.4, 0.5) is 0 Å². The number of hydrogen-bond acceptors (Lipinski definition) is 0. The van der Waals surface area contributed by atoms with Crippen LogP contribution in [-0.4, -0.2) is 0 Å². The van der Waals surface area contributed by atoms with E-state index in [1.165, 1.54) is 0 Å². The molecule has 35 valence electrons. The van der Waals surface area contributed by atoms with E-state index in [-0.39, 0.29) is 14.9 Å². The third-order valence-electron chi connectivity index (χ3n) is 0. The van der Waals surface area contributed by atoms with E-state index in [1.807, 2.05) is 0 Å². The summed E-state index contributed by atoms with van der Waals surface area (Å²) in [4.78, 5) is 0. The summed E-state index contributed by atoms with van der Waals surface area (Å²) in [6.45, 7) is 0. The van der Waals surface area contributed by atoms with Crippen LogP contribution in [-0.2, 0) is 9.47 Å². The molecular formula is C2H6I2V-2. The van der Waals surface area contributed by atoms with Gasteiger partial charge in [0.2, 0.25) is 0 Å². The van der Waals surface area contributed by atoms with Gasteiger partial charge in [0.05, 0.1) is 0 Å². The van der Waals surface area contributed by atoms with Crippen LogP contribution in [0.1, 0.15) is 0 Å². The molecule has 0 N–H and O–H groups in total. The van der Waals surface area contributed by atoms with Gasteiger partial charge in [0, 0.05) is 0 Å². The molecule has 0 aromatic rings. The van der Waals surface area contributed by atoms with Gasteiger partial charge in [-0.1, -0.05) is 0 Å². The average molecular weight is 335 g/mol. The van der Waals surface area contributed by atoms with Gasteiger partial charge >= 0.3 is 49.4 Å². The van der Waals surface area contributed by atoms with E-state index in [9.17, 15) is 0 Å². The van der Waals surface area contributed by atoms with Gasteiger partial charge in [-0.25, -0.2) is 0 Å². The number of hydrogen-bond donors (Lipinski definition) is 0. The summed E-state index contributed by atoms with van der Waals surface area (Å²) in [5, 5.41) is 0. The Labute approximate surface area is 63.3 Å². The molecule has 0 atom stereocenters. The zero-order valence-corrected chi connectivity index (χ0v) is 8.91. The van der Waals surface area contributed by atoms with E-state index < -0.39 is 0 Å². The van der Waals surface area contributed by atoms with Gasteiger partial charge in [-0.2, -0.15) is 0 Å². The fraction of sp³-hybridized carbons (Fsp3) is 0. The quantitative estimate of drug-likeness (QED) is 0.472. The molecule has 0 radical (unpaired) electrons. The fourth-order valence-corrected chi connectivity index (χ4v) is 0. The molecule has 0 saturated heterocycles. The maximum absolute atomic E-state index is 2.37. The van der Waals surface area contributed by atoms with E-state index in [0.717, 1.165) is 0 Å². The predicted molar refractivity (Wildman–Crippen MR) is 40.9 cm³/mol. The summed E-state index contributed by atoms with van der Waals surface area (Å²) in [5.41, 5.74) is 0. The van der Waals surface area contributed by atoms with Gasteiger partial charge in [0.15, 0.2) is 0 Å². The number of rotatable bonds is 0.